The molecule has 1 aromatic heterocycles. The first-order valence-corrected chi connectivity index (χ1v) is 11.3. The van der Waals surface area contributed by atoms with Crippen molar-refractivity contribution in [3.05, 3.63) is 54.2 Å². The highest BCUT2D eigenvalue weighted by molar-refractivity contribution is 5.76. The number of nitrogens with zero attached hydrogens (tertiary/aromatic N) is 2. The number of hydrogen-bond acceptors (Lipinski definition) is 5. The van der Waals surface area contributed by atoms with Gasteiger partial charge in [-0.15, -0.1) is 0 Å². The van der Waals surface area contributed by atoms with Crippen LogP contribution in [0.5, 0.6) is 5.75 Å². The Labute approximate surface area is 185 Å². The maximum Gasteiger partial charge on any atom is 0.222 e. The summed E-state index contributed by atoms with van der Waals surface area (Å²) in [5.74, 6) is 3.09. The van der Waals surface area contributed by atoms with Gasteiger partial charge in [-0.05, 0) is 67.3 Å². The van der Waals surface area contributed by atoms with Crippen LogP contribution in [0.3, 0.4) is 0 Å². The summed E-state index contributed by atoms with van der Waals surface area (Å²) in [4.78, 5) is 19.3. The molecule has 166 valence electrons. The highest BCUT2D eigenvalue weighted by Crippen LogP contribution is 2.38. The second kappa shape index (κ2) is 10.1. The lowest BCUT2D eigenvalue weighted by Gasteiger charge is -2.37. The van der Waals surface area contributed by atoms with Crippen LogP contribution in [-0.2, 0) is 16.0 Å². The first-order valence-electron chi connectivity index (χ1n) is 11.3. The maximum absolute atomic E-state index is 12.9. The van der Waals surface area contributed by atoms with Crippen molar-refractivity contribution in [1.29, 1.82) is 0 Å². The van der Waals surface area contributed by atoms with Crippen LogP contribution >= 0.6 is 0 Å². The topological polar surface area (TPSA) is 63.7 Å². The Morgan fingerprint density at radius 3 is 2.55 bits per heavy atom. The van der Waals surface area contributed by atoms with Gasteiger partial charge in [0.25, 0.3) is 0 Å². The minimum absolute atomic E-state index is 0.147. The fraction of sp³-hybridized carbons (Fsp3) is 0.520. The van der Waals surface area contributed by atoms with E-state index in [-0.39, 0.29) is 18.1 Å². The second-order valence-corrected chi connectivity index (χ2v) is 8.73. The van der Waals surface area contributed by atoms with E-state index < -0.39 is 0 Å². The number of hydrogen-bond donors (Lipinski definition) is 1. The molecule has 0 spiro atoms. The highest BCUT2D eigenvalue weighted by atomic mass is 16.5. The molecular formula is C25H33N3O3. The van der Waals surface area contributed by atoms with E-state index >= 15 is 0 Å². The number of benzene rings is 1. The van der Waals surface area contributed by atoms with E-state index in [1.807, 2.05) is 30.3 Å². The maximum atomic E-state index is 12.9. The van der Waals surface area contributed by atoms with Crippen molar-refractivity contribution in [3.63, 3.8) is 0 Å². The van der Waals surface area contributed by atoms with E-state index in [1.165, 1.54) is 5.56 Å². The van der Waals surface area contributed by atoms with Crippen molar-refractivity contribution in [2.45, 2.75) is 44.2 Å². The molecule has 6 nitrogen and oxygen atoms in total. The molecule has 2 aliphatic rings. The standard InChI is InChI=1S/C25H33N3O3/c1-30-21-11-9-18(10-12-21)6-5-8-25(29)28-16-19-14-22(23(31-2)15-20(19)17-28)27-24-7-3-4-13-26-24/h3-4,7,9-13,19-20,22-23H,5-6,8,14-17H2,1-2H3,(H,26,27)/t19-,20+,22-,23-/m1/s1. The summed E-state index contributed by atoms with van der Waals surface area (Å²) < 4.78 is 11.0. The van der Waals surface area contributed by atoms with Crippen LogP contribution in [0.2, 0.25) is 0 Å². The lowest BCUT2D eigenvalue weighted by molar-refractivity contribution is -0.130. The molecule has 31 heavy (non-hydrogen) atoms. The molecule has 0 radical (unpaired) electrons. The molecule has 1 amide bonds. The van der Waals surface area contributed by atoms with E-state index in [4.69, 9.17) is 9.47 Å². The van der Waals surface area contributed by atoms with Gasteiger partial charge in [0.05, 0.1) is 19.3 Å². The Morgan fingerprint density at radius 1 is 1.10 bits per heavy atom. The van der Waals surface area contributed by atoms with Gasteiger partial charge in [-0.3, -0.25) is 4.79 Å². The smallest absolute Gasteiger partial charge is 0.222 e. The minimum atomic E-state index is 0.147. The number of fused-ring (bicyclic) bond motifs is 1. The minimum Gasteiger partial charge on any atom is -0.497 e. The van der Waals surface area contributed by atoms with Crippen LogP contribution < -0.4 is 10.1 Å². The number of aryl methyl sites for hydroxylation is 1. The largest absolute Gasteiger partial charge is 0.497 e. The number of nitrogens with one attached hydrogen (secondary N) is 1. The second-order valence-electron chi connectivity index (χ2n) is 8.73. The zero-order chi connectivity index (χ0) is 21.6. The zero-order valence-electron chi connectivity index (χ0n) is 18.5. The number of carbonyl (C=O) groups is 1. The molecule has 0 bridgehead atoms. The quantitative estimate of drug-likeness (QED) is 0.700. The van der Waals surface area contributed by atoms with E-state index in [2.05, 4.69) is 27.3 Å². The summed E-state index contributed by atoms with van der Waals surface area (Å²) in [6.45, 7) is 1.73. The van der Waals surface area contributed by atoms with Crippen molar-refractivity contribution in [2.75, 3.05) is 32.6 Å². The number of carbonyl (C=O) groups excluding carboxylic acids is 1. The molecule has 2 heterocycles. The lowest BCUT2D eigenvalue weighted by atomic mass is 9.77. The van der Waals surface area contributed by atoms with E-state index in [9.17, 15) is 4.79 Å². The summed E-state index contributed by atoms with van der Waals surface area (Å²) in [6, 6.07) is 14.2. The van der Waals surface area contributed by atoms with Crippen LogP contribution in [0.4, 0.5) is 5.82 Å². The van der Waals surface area contributed by atoms with Gasteiger partial charge in [0.15, 0.2) is 0 Å². The van der Waals surface area contributed by atoms with Crippen molar-refractivity contribution in [3.8, 4) is 5.75 Å². The third-order valence-electron chi connectivity index (χ3n) is 6.79. The van der Waals surface area contributed by atoms with Crippen LogP contribution in [-0.4, -0.2) is 55.2 Å². The zero-order valence-corrected chi connectivity index (χ0v) is 18.5. The number of rotatable bonds is 8. The van der Waals surface area contributed by atoms with Crippen LogP contribution in [0.1, 0.15) is 31.2 Å². The average Bonchev–Trinajstić information content (AvgIpc) is 3.22. The lowest BCUT2D eigenvalue weighted by Crippen LogP contribution is -2.44. The van der Waals surface area contributed by atoms with Gasteiger partial charge in [0.1, 0.15) is 11.6 Å². The van der Waals surface area contributed by atoms with Gasteiger partial charge in [0.2, 0.25) is 5.91 Å². The Balaban J connectivity index is 1.27. The molecular weight excluding hydrogens is 390 g/mol. The number of aromatic nitrogens is 1. The molecule has 2 fully saturated rings. The normalized spacial score (nSPS) is 25.2. The Hall–Kier alpha value is -2.60. The summed E-state index contributed by atoms with van der Waals surface area (Å²) in [7, 11) is 3.46. The number of ether oxygens (including phenoxy) is 2. The monoisotopic (exact) mass is 423 g/mol. The number of likely N-dealkylation sites (tertiary alicyclic amines) is 1. The van der Waals surface area contributed by atoms with E-state index in [0.717, 1.165) is 50.3 Å². The van der Waals surface area contributed by atoms with Crippen molar-refractivity contribution < 1.29 is 14.3 Å². The van der Waals surface area contributed by atoms with Gasteiger partial charge < -0.3 is 19.7 Å². The van der Waals surface area contributed by atoms with Crippen molar-refractivity contribution >= 4 is 11.7 Å². The molecule has 4 atom stereocenters. The Bertz CT molecular complexity index is 843. The average molecular weight is 424 g/mol. The summed E-state index contributed by atoms with van der Waals surface area (Å²) in [5, 5.41) is 3.55. The molecule has 0 unspecified atom stereocenters. The van der Waals surface area contributed by atoms with Gasteiger partial charge in [-0.1, -0.05) is 18.2 Å². The van der Waals surface area contributed by atoms with Gasteiger partial charge in [0, 0.05) is 32.8 Å². The molecule has 1 saturated carbocycles. The van der Waals surface area contributed by atoms with Crippen molar-refractivity contribution in [1.82, 2.24) is 9.88 Å². The molecule has 2 aromatic rings. The summed E-state index contributed by atoms with van der Waals surface area (Å²) in [6.07, 6.45) is 6.34. The summed E-state index contributed by atoms with van der Waals surface area (Å²) >= 11 is 0. The SMILES string of the molecule is COc1ccc(CCCC(=O)N2C[C@H]3C[C@@H](Nc4ccccn4)[C@H](OC)C[C@H]3C2)cc1. The predicted molar refractivity (Wildman–Crippen MR) is 121 cm³/mol. The third kappa shape index (κ3) is 5.37. The molecule has 4 rings (SSSR count). The van der Waals surface area contributed by atoms with Crippen LogP contribution in [0.25, 0.3) is 0 Å². The first kappa shape index (κ1) is 21.6. The van der Waals surface area contributed by atoms with Crippen molar-refractivity contribution in [2.24, 2.45) is 11.8 Å². The number of methoxy groups -OCH3 is 2. The molecule has 1 aromatic carbocycles. The molecule has 1 aliphatic heterocycles. The molecule has 1 saturated heterocycles. The fourth-order valence-corrected chi connectivity index (χ4v) is 5.06. The van der Waals surface area contributed by atoms with E-state index in [1.54, 1.807) is 20.4 Å². The molecule has 1 aliphatic carbocycles. The Morgan fingerprint density at radius 2 is 1.87 bits per heavy atom. The van der Waals surface area contributed by atoms with Gasteiger partial charge in [-0.25, -0.2) is 4.98 Å². The number of amides is 1. The predicted octanol–water partition coefficient (Wildman–Crippen LogP) is 3.78. The third-order valence-corrected chi connectivity index (χ3v) is 6.79. The summed E-state index contributed by atoms with van der Waals surface area (Å²) in [5.41, 5.74) is 1.25. The molecule has 1 N–H and O–H groups in total. The highest BCUT2D eigenvalue weighted by Gasteiger charge is 2.43. The number of pyridine rings is 1. The van der Waals surface area contributed by atoms with Gasteiger partial charge >= 0.3 is 0 Å². The Kier molecular flexibility index (Phi) is 7.07. The fourth-order valence-electron chi connectivity index (χ4n) is 5.06. The molecule has 6 heteroatoms. The number of anilines is 1. The first-order chi connectivity index (χ1) is 15.2. The van der Waals surface area contributed by atoms with Gasteiger partial charge in [-0.2, -0.15) is 0 Å². The van der Waals surface area contributed by atoms with E-state index in [0.29, 0.717) is 18.3 Å². The van der Waals surface area contributed by atoms with Crippen LogP contribution in [0.15, 0.2) is 48.7 Å². The van der Waals surface area contributed by atoms with Crippen LogP contribution in [0, 0.1) is 11.8 Å².